The Balaban J connectivity index is 2.36. The molecule has 2 aromatic rings. The molecule has 1 heterocycles. The summed E-state index contributed by atoms with van der Waals surface area (Å²) in [6.07, 6.45) is 0. The molecule has 0 bridgehead atoms. The number of anilines is 1. The Bertz CT molecular complexity index is 737. The predicted octanol–water partition coefficient (Wildman–Crippen LogP) is 4.31. The highest BCUT2D eigenvalue weighted by molar-refractivity contribution is 9.10. The molecule has 4 nitrogen and oxygen atoms in total. The molecule has 0 fully saturated rings. The molecular weight excluding hydrogens is 373 g/mol. The Morgan fingerprint density at radius 3 is 2.55 bits per heavy atom. The molecule has 0 unspecified atom stereocenters. The number of methoxy groups -OCH3 is 1. The highest BCUT2D eigenvalue weighted by Gasteiger charge is 2.22. The summed E-state index contributed by atoms with van der Waals surface area (Å²) in [5, 5.41) is 3.04. The van der Waals surface area contributed by atoms with E-state index in [-0.39, 0.29) is 5.56 Å². The van der Waals surface area contributed by atoms with Crippen molar-refractivity contribution >= 4 is 44.1 Å². The van der Waals surface area contributed by atoms with E-state index in [4.69, 9.17) is 4.74 Å². The Labute approximate surface area is 139 Å². The summed E-state index contributed by atoms with van der Waals surface area (Å²) in [6.45, 7) is 3.63. The molecule has 0 aliphatic carbocycles. The van der Waals surface area contributed by atoms with Crippen LogP contribution in [0.5, 0.6) is 0 Å². The topological polar surface area (TPSA) is 55.4 Å². The van der Waals surface area contributed by atoms with E-state index in [2.05, 4.69) is 21.2 Å². The van der Waals surface area contributed by atoms with Gasteiger partial charge in [-0.25, -0.2) is 9.18 Å². The molecule has 0 saturated carbocycles. The van der Waals surface area contributed by atoms with Gasteiger partial charge in [-0.3, -0.25) is 4.79 Å². The number of hydrogen-bond donors (Lipinski definition) is 1. The zero-order valence-corrected chi connectivity index (χ0v) is 14.5. The van der Waals surface area contributed by atoms with E-state index in [0.29, 0.717) is 15.0 Å². The van der Waals surface area contributed by atoms with Gasteiger partial charge in [0.1, 0.15) is 10.8 Å². The van der Waals surface area contributed by atoms with Crippen molar-refractivity contribution in [1.82, 2.24) is 0 Å². The van der Waals surface area contributed by atoms with Gasteiger partial charge in [-0.05, 0) is 37.6 Å². The van der Waals surface area contributed by atoms with Crippen molar-refractivity contribution in [3.63, 3.8) is 0 Å². The number of benzene rings is 1. The molecule has 7 heteroatoms. The normalized spacial score (nSPS) is 10.4. The number of ether oxygens (including phenoxy) is 1. The van der Waals surface area contributed by atoms with Gasteiger partial charge in [0.15, 0.2) is 0 Å². The summed E-state index contributed by atoms with van der Waals surface area (Å²) >= 11 is 4.42. The Kier molecular flexibility index (Phi) is 4.97. The van der Waals surface area contributed by atoms with Gasteiger partial charge in [-0.2, -0.15) is 0 Å². The molecule has 22 heavy (non-hydrogen) atoms. The first kappa shape index (κ1) is 16.6. The van der Waals surface area contributed by atoms with Crippen molar-refractivity contribution in [1.29, 1.82) is 0 Å². The van der Waals surface area contributed by atoms with E-state index in [1.165, 1.54) is 30.6 Å². The summed E-state index contributed by atoms with van der Waals surface area (Å²) in [7, 11) is 1.28. The third-order valence-electron chi connectivity index (χ3n) is 3.13. The lowest BCUT2D eigenvalue weighted by atomic mass is 10.1. The first-order chi connectivity index (χ1) is 10.3. The van der Waals surface area contributed by atoms with E-state index in [1.807, 2.05) is 6.92 Å². The Morgan fingerprint density at radius 2 is 1.95 bits per heavy atom. The van der Waals surface area contributed by atoms with Gasteiger partial charge < -0.3 is 10.1 Å². The maximum absolute atomic E-state index is 13.4. The number of amides is 1. The van der Waals surface area contributed by atoms with Crippen molar-refractivity contribution in [2.45, 2.75) is 13.8 Å². The second-order valence-corrected chi connectivity index (χ2v) is 6.73. The molecule has 1 N–H and O–H groups in total. The lowest BCUT2D eigenvalue weighted by Gasteiger charge is -2.07. The summed E-state index contributed by atoms with van der Waals surface area (Å²) in [6, 6.07) is 3.89. The molecule has 2 rings (SSSR count). The molecular formula is C15H13BrFNO3S. The summed E-state index contributed by atoms with van der Waals surface area (Å²) in [5.41, 5.74) is 1.24. The zero-order chi connectivity index (χ0) is 16.4. The van der Waals surface area contributed by atoms with Crippen LogP contribution in [0.15, 0.2) is 22.7 Å². The van der Waals surface area contributed by atoms with Crippen LogP contribution in [0.1, 0.15) is 31.2 Å². The highest BCUT2D eigenvalue weighted by atomic mass is 79.9. The number of rotatable bonds is 3. The molecule has 1 aromatic heterocycles. The van der Waals surface area contributed by atoms with Gasteiger partial charge in [-0.1, -0.05) is 15.9 Å². The summed E-state index contributed by atoms with van der Waals surface area (Å²) < 4.78 is 18.6. The second-order valence-electron chi connectivity index (χ2n) is 4.59. The number of nitrogens with one attached hydrogen (secondary N) is 1. The monoisotopic (exact) mass is 385 g/mol. The van der Waals surface area contributed by atoms with Crippen LogP contribution in [0.3, 0.4) is 0 Å². The van der Waals surface area contributed by atoms with Crippen LogP contribution < -0.4 is 5.32 Å². The number of carbonyl (C=O) groups is 2. The minimum atomic E-state index is -0.522. The third kappa shape index (κ3) is 3.36. The molecule has 1 amide bonds. The fourth-order valence-corrected chi connectivity index (χ4v) is 3.43. The molecule has 0 spiro atoms. The fraction of sp³-hybridized carbons (Fsp3) is 0.200. The van der Waals surface area contributed by atoms with Gasteiger partial charge in [0, 0.05) is 14.9 Å². The van der Waals surface area contributed by atoms with Crippen LogP contribution >= 0.6 is 27.3 Å². The molecule has 116 valence electrons. The van der Waals surface area contributed by atoms with E-state index in [9.17, 15) is 14.0 Å². The average molecular weight is 386 g/mol. The van der Waals surface area contributed by atoms with Crippen LogP contribution in [0.25, 0.3) is 0 Å². The average Bonchev–Trinajstić information content (AvgIpc) is 2.72. The predicted molar refractivity (Wildman–Crippen MR) is 87.2 cm³/mol. The summed E-state index contributed by atoms with van der Waals surface area (Å²) in [4.78, 5) is 25.0. The minimum Gasteiger partial charge on any atom is -0.465 e. The SMILES string of the molecule is COC(=O)c1c(NC(=O)c2cc(F)cc(Br)c2)sc(C)c1C. The quantitative estimate of drug-likeness (QED) is 0.801. The first-order valence-electron chi connectivity index (χ1n) is 6.29. The molecule has 0 saturated heterocycles. The lowest BCUT2D eigenvalue weighted by molar-refractivity contribution is 0.0601. The number of hydrogen-bond acceptors (Lipinski definition) is 4. The Morgan fingerprint density at radius 1 is 1.27 bits per heavy atom. The van der Waals surface area contributed by atoms with Crippen LogP contribution in [0, 0.1) is 19.7 Å². The zero-order valence-electron chi connectivity index (χ0n) is 12.1. The van der Waals surface area contributed by atoms with E-state index in [0.717, 1.165) is 16.5 Å². The van der Waals surface area contributed by atoms with Gasteiger partial charge >= 0.3 is 5.97 Å². The highest BCUT2D eigenvalue weighted by Crippen LogP contribution is 2.33. The third-order valence-corrected chi connectivity index (χ3v) is 4.71. The number of halogens is 2. The number of esters is 1. The van der Waals surface area contributed by atoms with Crippen molar-refractivity contribution in [3.05, 3.63) is 50.1 Å². The van der Waals surface area contributed by atoms with Gasteiger partial charge in [0.25, 0.3) is 5.91 Å². The number of aryl methyl sites for hydroxylation is 1. The molecule has 0 atom stereocenters. The number of thiophene rings is 1. The van der Waals surface area contributed by atoms with Crippen molar-refractivity contribution < 1.29 is 18.7 Å². The minimum absolute atomic E-state index is 0.159. The van der Waals surface area contributed by atoms with Crippen LogP contribution in [0.4, 0.5) is 9.39 Å². The summed E-state index contributed by atoms with van der Waals surface area (Å²) in [5.74, 6) is -1.53. The molecule has 1 aromatic carbocycles. The van der Waals surface area contributed by atoms with Crippen LogP contribution in [0.2, 0.25) is 0 Å². The largest absolute Gasteiger partial charge is 0.465 e. The maximum Gasteiger partial charge on any atom is 0.341 e. The first-order valence-corrected chi connectivity index (χ1v) is 7.90. The van der Waals surface area contributed by atoms with Gasteiger partial charge in [-0.15, -0.1) is 11.3 Å². The van der Waals surface area contributed by atoms with Gasteiger partial charge in [0.05, 0.1) is 12.7 Å². The molecule has 0 aliphatic rings. The van der Waals surface area contributed by atoms with Crippen LogP contribution in [-0.4, -0.2) is 19.0 Å². The van der Waals surface area contributed by atoms with Crippen molar-refractivity contribution in [3.8, 4) is 0 Å². The van der Waals surface area contributed by atoms with E-state index < -0.39 is 17.7 Å². The lowest BCUT2D eigenvalue weighted by Crippen LogP contribution is -2.14. The maximum atomic E-state index is 13.4. The van der Waals surface area contributed by atoms with Crippen LogP contribution in [-0.2, 0) is 4.74 Å². The van der Waals surface area contributed by atoms with E-state index in [1.54, 1.807) is 6.92 Å². The van der Waals surface area contributed by atoms with Crippen molar-refractivity contribution in [2.75, 3.05) is 12.4 Å². The second kappa shape index (κ2) is 6.58. The number of carbonyl (C=O) groups excluding carboxylic acids is 2. The molecule has 0 aliphatic heterocycles. The smallest absolute Gasteiger partial charge is 0.341 e. The molecule has 0 radical (unpaired) electrons. The van der Waals surface area contributed by atoms with Gasteiger partial charge in [0.2, 0.25) is 0 Å². The van der Waals surface area contributed by atoms with E-state index >= 15 is 0 Å². The fourth-order valence-electron chi connectivity index (χ4n) is 1.92. The Hall–Kier alpha value is -1.73. The van der Waals surface area contributed by atoms with Crippen molar-refractivity contribution in [2.24, 2.45) is 0 Å². The standard InChI is InChI=1S/C15H13BrFNO3S/c1-7-8(2)22-14(12(7)15(20)21-3)18-13(19)9-4-10(16)6-11(17)5-9/h4-6H,1-3H3,(H,18,19).